The van der Waals surface area contributed by atoms with Crippen LogP contribution in [-0.4, -0.2) is 63.4 Å². The number of hydrogen-bond acceptors (Lipinski definition) is 4. The summed E-state index contributed by atoms with van der Waals surface area (Å²) in [5, 5.41) is 12.8. The molecule has 94 valence electrons. The molecular weight excluding hydrogens is 220 g/mol. The van der Waals surface area contributed by atoms with E-state index in [1.165, 1.54) is 5.56 Å². The van der Waals surface area contributed by atoms with Crippen LogP contribution in [0.2, 0.25) is 0 Å². The zero-order valence-electron chi connectivity index (χ0n) is 10.0. The number of carbonyl (C=O) groups is 1. The summed E-state index contributed by atoms with van der Waals surface area (Å²) >= 11 is 0. The van der Waals surface area contributed by atoms with E-state index in [0.717, 1.165) is 32.7 Å². The van der Waals surface area contributed by atoms with E-state index in [9.17, 15) is 4.79 Å². The van der Waals surface area contributed by atoms with E-state index in [1.54, 1.807) is 4.68 Å². The quantitative estimate of drug-likeness (QED) is 0.775. The molecule has 17 heavy (non-hydrogen) atoms. The van der Waals surface area contributed by atoms with Gasteiger partial charge in [0.15, 0.2) is 0 Å². The molecule has 6 heteroatoms. The maximum absolute atomic E-state index is 10.6. The lowest BCUT2D eigenvalue weighted by atomic mass is 10.2. The molecule has 2 rings (SSSR count). The third-order valence-electron chi connectivity index (χ3n) is 2.99. The van der Waals surface area contributed by atoms with Crippen molar-refractivity contribution in [2.24, 2.45) is 7.05 Å². The molecular formula is C11H18N4O2. The normalized spacial score (nSPS) is 18.4. The van der Waals surface area contributed by atoms with Gasteiger partial charge in [-0.1, -0.05) is 0 Å². The molecule has 1 aromatic heterocycles. The lowest BCUT2D eigenvalue weighted by Gasteiger charge is -2.33. The van der Waals surface area contributed by atoms with Crippen molar-refractivity contribution in [3.05, 3.63) is 18.0 Å². The Kier molecular flexibility index (Phi) is 3.75. The molecule has 2 heterocycles. The minimum absolute atomic E-state index is 0.154. The monoisotopic (exact) mass is 238 g/mol. The number of hydrogen-bond donors (Lipinski definition) is 1. The van der Waals surface area contributed by atoms with Crippen molar-refractivity contribution in [1.82, 2.24) is 19.6 Å². The van der Waals surface area contributed by atoms with E-state index in [-0.39, 0.29) is 6.54 Å². The van der Waals surface area contributed by atoms with Gasteiger partial charge in [-0.2, -0.15) is 5.10 Å². The fourth-order valence-corrected chi connectivity index (χ4v) is 2.11. The molecule has 0 amide bonds. The summed E-state index contributed by atoms with van der Waals surface area (Å²) in [7, 11) is 1.91. The highest BCUT2D eigenvalue weighted by atomic mass is 16.4. The van der Waals surface area contributed by atoms with E-state index in [1.807, 2.05) is 24.3 Å². The van der Waals surface area contributed by atoms with Crippen LogP contribution < -0.4 is 0 Å². The standard InChI is InChI=1S/C11H18N4O2/c1-13-7-10(6-12-13)8-14-2-4-15(5-3-14)9-11(16)17/h6-7H,2-5,8-9H2,1H3,(H,16,17). The maximum atomic E-state index is 10.6. The van der Waals surface area contributed by atoms with Crippen LogP contribution in [0, 0.1) is 0 Å². The van der Waals surface area contributed by atoms with Gasteiger partial charge < -0.3 is 5.11 Å². The van der Waals surface area contributed by atoms with Crippen LogP contribution in [0.5, 0.6) is 0 Å². The number of nitrogens with zero attached hydrogens (tertiary/aromatic N) is 4. The molecule has 0 radical (unpaired) electrons. The summed E-state index contributed by atoms with van der Waals surface area (Å²) < 4.78 is 1.80. The summed E-state index contributed by atoms with van der Waals surface area (Å²) in [5.74, 6) is -0.745. The number of piperazine rings is 1. The molecule has 0 atom stereocenters. The van der Waals surface area contributed by atoms with Gasteiger partial charge >= 0.3 is 5.97 Å². The van der Waals surface area contributed by atoms with Gasteiger partial charge in [-0.3, -0.25) is 19.3 Å². The fourth-order valence-electron chi connectivity index (χ4n) is 2.11. The predicted octanol–water partition coefficient (Wildman–Crippen LogP) is -0.378. The highest BCUT2D eigenvalue weighted by Gasteiger charge is 2.18. The zero-order valence-corrected chi connectivity index (χ0v) is 10.0. The SMILES string of the molecule is Cn1cc(CN2CCN(CC(=O)O)CC2)cn1. The second-order valence-electron chi connectivity index (χ2n) is 4.47. The number of aliphatic carboxylic acids is 1. The number of rotatable bonds is 4. The summed E-state index contributed by atoms with van der Waals surface area (Å²) in [5.41, 5.74) is 1.21. The number of carboxylic acids is 1. The van der Waals surface area contributed by atoms with Gasteiger partial charge in [-0.05, 0) is 0 Å². The minimum atomic E-state index is -0.745. The highest BCUT2D eigenvalue weighted by Crippen LogP contribution is 2.07. The van der Waals surface area contributed by atoms with Gasteiger partial charge in [-0.25, -0.2) is 0 Å². The summed E-state index contributed by atoms with van der Waals surface area (Å²) in [6.07, 6.45) is 3.90. The topological polar surface area (TPSA) is 61.6 Å². The Morgan fingerprint density at radius 3 is 2.53 bits per heavy atom. The number of aromatic nitrogens is 2. The van der Waals surface area contributed by atoms with E-state index >= 15 is 0 Å². The number of aryl methyl sites for hydroxylation is 1. The first kappa shape index (κ1) is 12.1. The summed E-state index contributed by atoms with van der Waals surface area (Å²) in [6, 6.07) is 0. The first-order chi connectivity index (χ1) is 8.13. The van der Waals surface area contributed by atoms with Crippen LogP contribution in [-0.2, 0) is 18.4 Å². The van der Waals surface area contributed by atoms with E-state index < -0.39 is 5.97 Å². The molecule has 0 aromatic carbocycles. The van der Waals surface area contributed by atoms with Crippen LogP contribution in [0.3, 0.4) is 0 Å². The Labute approximate surface area is 100 Å². The van der Waals surface area contributed by atoms with E-state index in [0.29, 0.717) is 0 Å². The Morgan fingerprint density at radius 1 is 1.35 bits per heavy atom. The van der Waals surface area contributed by atoms with Gasteiger partial charge in [0.1, 0.15) is 0 Å². The largest absolute Gasteiger partial charge is 0.480 e. The van der Waals surface area contributed by atoms with Gasteiger partial charge in [0.25, 0.3) is 0 Å². The molecule has 0 saturated carbocycles. The molecule has 0 spiro atoms. The highest BCUT2D eigenvalue weighted by molar-refractivity contribution is 5.69. The smallest absolute Gasteiger partial charge is 0.317 e. The van der Waals surface area contributed by atoms with Crippen molar-refractivity contribution in [2.45, 2.75) is 6.54 Å². The van der Waals surface area contributed by atoms with Gasteiger partial charge in [0.05, 0.1) is 12.7 Å². The van der Waals surface area contributed by atoms with Gasteiger partial charge in [0.2, 0.25) is 0 Å². The van der Waals surface area contributed by atoms with Crippen LogP contribution in [0.4, 0.5) is 0 Å². The molecule has 1 aliphatic rings. The molecule has 0 unspecified atom stereocenters. The Balaban J connectivity index is 1.77. The lowest BCUT2D eigenvalue weighted by Crippen LogP contribution is -2.47. The average molecular weight is 238 g/mol. The third-order valence-corrected chi connectivity index (χ3v) is 2.99. The Bertz CT molecular complexity index is 383. The van der Waals surface area contributed by atoms with Gasteiger partial charge in [0, 0.05) is 51.5 Å². The van der Waals surface area contributed by atoms with Crippen molar-refractivity contribution in [2.75, 3.05) is 32.7 Å². The van der Waals surface area contributed by atoms with Crippen LogP contribution in [0.1, 0.15) is 5.56 Å². The second kappa shape index (κ2) is 5.29. The first-order valence-electron chi connectivity index (χ1n) is 5.77. The average Bonchev–Trinajstić information content (AvgIpc) is 2.66. The Morgan fingerprint density at radius 2 is 2.00 bits per heavy atom. The molecule has 1 fully saturated rings. The lowest BCUT2D eigenvalue weighted by molar-refractivity contribution is -0.138. The summed E-state index contributed by atoms with van der Waals surface area (Å²) in [4.78, 5) is 14.9. The maximum Gasteiger partial charge on any atom is 0.317 e. The first-order valence-corrected chi connectivity index (χ1v) is 5.77. The zero-order chi connectivity index (χ0) is 12.3. The predicted molar refractivity (Wildman–Crippen MR) is 62.6 cm³/mol. The number of carboxylic acid groups (broad SMARTS) is 1. The van der Waals surface area contributed by atoms with Crippen molar-refractivity contribution in [3.63, 3.8) is 0 Å². The van der Waals surface area contributed by atoms with Gasteiger partial charge in [-0.15, -0.1) is 0 Å². The molecule has 0 aliphatic carbocycles. The van der Waals surface area contributed by atoms with Crippen LogP contribution >= 0.6 is 0 Å². The molecule has 0 bridgehead atoms. The minimum Gasteiger partial charge on any atom is -0.480 e. The summed E-state index contributed by atoms with van der Waals surface area (Å²) in [6.45, 7) is 4.54. The second-order valence-corrected chi connectivity index (χ2v) is 4.47. The third kappa shape index (κ3) is 3.54. The van der Waals surface area contributed by atoms with E-state index in [4.69, 9.17) is 5.11 Å². The molecule has 6 nitrogen and oxygen atoms in total. The fraction of sp³-hybridized carbons (Fsp3) is 0.636. The van der Waals surface area contributed by atoms with Crippen molar-refractivity contribution >= 4 is 5.97 Å². The van der Waals surface area contributed by atoms with E-state index in [2.05, 4.69) is 10.00 Å². The molecule has 1 N–H and O–H groups in total. The van der Waals surface area contributed by atoms with Crippen molar-refractivity contribution in [1.29, 1.82) is 0 Å². The molecule has 1 aromatic rings. The molecule has 1 saturated heterocycles. The van der Waals surface area contributed by atoms with Crippen molar-refractivity contribution in [3.8, 4) is 0 Å². The van der Waals surface area contributed by atoms with Crippen LogP contribution in [0.25, 0.3) is 0 Å². The van der Waals surface area contributed by atoms with Crippen LogP contribution in [0.15, 0.2) is 12.4 Å². The Hall–Kier alpha value is -1.40. The molecule has 1 aliphatic heterocycles. The van der Waals surface area contributed by atoms with Crippen molar-refractivity contribution < 1.29 is 9.90 Å².